The number of alkyl halides is 7. The third-order valence-electron chi connectivity index (χ3n) is 5.72. The predicted octanol–water partition coefficient (Wildman–Crippen LogP) is 7.92. The second-order valence-corrected chi connectivity index (χ2v) is 10.8. The zero-order valence-corrected chi connectivity index (χ0v) is 27.7. The zero-order valence-electron chi connectivity index (χ0n) is 25.3. The van der Waals surface area contributed by atoms with E-state index in [9.17, 15) is 35.9 Å². The Bertz CT molecular complexity index is 1630. The van der Waals surface area contributed by atoms with Crippen LogP contribution in [0.15, 0.2) is 83.4 Å². The standard InChI is InChI=1S/C14H11F3N2OS.C8H6ClF3.C8H11N3O2S/c1-21-13-18-6-5-11(19-13)12(20)8-9-3-2-4-10(7-9)14(15,16)17;9-5-6-2-1-3-7(4-6)8(10,11)12;1-11(13-2)7(12)6-4-5-9-8(10-6)14-3/h2-7H,8H2,1H3;1-4H,5H2;4-5H,1-3H3. The summed E-state index contributed by atoms with van der Waals surface area (Å²) >= 11 is 8.06. The molecule has 0 N–H and O–H groups in total. The zero-order chi connectivity index (χ0) is 35.2. The van der Waals surface area contributed by atoms with E-state index in [0.29, 0.717) is 27.1 Å². The van der Waals surface area contributed by atoms with E-state index < -0.39 is 23.5 Å². The molecule has 0 fully saturated rings. The van der Waals surface area contributed by atoms with Crippen LogP contribution in [0.2, 0.25) is 0 Å². The first-order valence-corrected chi connectivity index (χ1v) is 16.1. The van der Waals surface area contributed by atoms with Crippen molar-refractivity contribution in [2.45, 2.75) is 35.0 Å². The average molecular weight is 720 g/mol. The fourth-order valence-electron chi connectivity index (χ4n) is 3.36. The van der Waals surface area contributed by atoms with Gasteiger partial charge in [0.1, 0.15) is 11.4 Å². The third kappa shape index (κ3) is 13.1. The Morgan fingerprint density at radius 2 is 1.26 bits per heavy atom. The Kier molecular flexibility index (Phi) is 15.6. The van der Waals surface area contributed by atoms with Crippen LogP contribution in [0.25, 0.3) is 0 Å². The number of hydroxylamine groups is 2. The number of thioether (sulfide) groups is 2. The highest BCUT2D eigenvalue weighted by Crippen LogP contribution is 2.30. The molecule has 47 heavy (non-hydrogen) atoms. The van der Waals surface area contributed by atoms with Crippen LogP contribution in [0, 0.1) is 0 Å². The monoisotopic (exact) mass is 719 g/mol. The van der Waals surface area contributed by atoms with Crippen molar-refractivity contribution in [3.8, 4) is 0 Å². The van der Waals surface area contributed by atoms with Crippen molar-refractivity contribution >= 4 is 46.8 Å². The van der Waals surface area contributed by atoms with Gasteiger partial charge in [-0.1, -0.05) is 59.9 Å². The van der Waals surface area contributed by atoms with E-state index >= 15 is 0 Å². The fraction of sp³-hybridized carbons (Fsp3) is 0.267. The molecule has 0 saturated heterocycles. The van der Waals surface area contributed by atoms with Crippen LogP contribution in [0.4, 0.5) is 26.3 Å². The van der Waals surface area contributed by atoms with Crippen molar-refractivity contribution in [2.24, 2.45) is 0 Å². The van der Waals surface area contributed by atoms with Crippen LogP contribution in [0.1, 0.15) is 43.2 Å². The van der Waals surface area contributed by atoms with E-state index in [0.717, 1.165) is 29.3 Å². The summed E-state index contributed by atoms with van der Waals surface area (Å²) in [6, 6.07) is 12.7. The van der Waals surface area contributed by atoms with E-state index in [1.807, 2.05) is 6.26 Å². The van der Waals surface area contributed by atoms with Crippen molar-refractivity contribution in [2.75, 3.05) is 26.7 Å². The summed E-state index contributed by atoms with van der Waals surface area (Å²) in [5.41, 5.74) is -0.105. The number of carbonyl (C=O) groups excluding carboxylic acids is 2. The predicted molar refractivity (Wildman–Crippen MR) is 167 cm³/mol. The van der Waals surface area contributed by atoms with Crippen molar-refractivity contribution in [1.29, 1.82) is 0 Å². The Balaban J connectivity index is 0.000000258. The van der Waals surface area contributed by atoms with Gasteiger partial charge in [0.25, 0.3) is 5.91 Å². The Morgan fingerprint density at radius 3 is 1.72 bits per heavy atom. The molecule has 0 aliphatic heterocycles. The molecular formula is C30H28ClF6N5O3S2. The summed E-state index contributed by atoms with van der Waals surface area (Å²) < 4.78 is 74.0. The normalized spacial score (nSPS) is 11.0. The van der Waals surface area contributed by atoms with Crippen molar-refractivity contribution in [3.05, 3.63) is 107 Å². The minimum absolute atomic E-state index is 0.101. The number of halogens is 7. The average Bonchev–Trinajstić information content (AvgIpc) is 3.07. The Hall–Kier alpha value is -3.73. The largest absolute Gasteiger partial charge is 0.416 e. The first kappa shape index (κ1) is 39.4. The van der Waals surface area contributed by atoms with Gasteiger partial charge in [-0.15, -0.1) is 11.6 Å². The summed E-state index contributed by atoms with van der Waals surface area (Å²) in [5, 5.41) is 2.14. The summed E-state index contributed by atoms with van der Waals surface area (Å²) in [7, 11) is 2.96. The molecule has 252 valence electrons. The maximum absolute atomic E-state index is 12.6. The van der Waals surface area contributed by atoms with Gasteiger partial charge in [0.15, 0.2) is 16.1 Å². The molecule has 4 rings (SSSR count). The SMILES string of the molecule is CON(C)C(=O)c1ccnc(SC)n1.CSc1nccc(C(=O)Cc2cccc(C(F)(F)F)c2)n1.FC(F)(F)c1cccc(CCl)c1. The van der Waals surface area contributed by atoms with Crippen LogP contribution < -0.4 is 0 Å². The lowest BCUT2D eigenvalue weighted by atomic mass is 10.0. The first-order chi connectivity index (χ1) is 22.1. The van der Waals surface area contributed by atoms with Gasteiger partial charge in [0.2, 0.25) is 0 Å². The number of rotatable bonds is 8. The van der Waals surface area contributed by atoms with Gasteiger partial charge in [0, 0.05) is 31.7 Å². The molecule has 0 radical (unpaired) electrons. The highest BCUT2D eigenvalue weighted by molar-refractivity contribution is 7.98. The molecule has 2 heterocycles. The van der Waals surface area contributed by atoms with Gasteiger partial charge < -0.3 is 0 Å². The molecule has 0 aliphatic rings. The Morgan fingerprint density at radius 1 is 0.787 bits per heavy atom. The molecule has 0 aliphatic carbocycles. The summed E-state index contributed by atoms with van der Waals surface area (Å²) in [5.74, 6) is -0.526. The van der Waals surface area contributed by atoms with Gasteiger partial charge in [-0.25, -0.2) is 25.0 Å². The molecule has 17 heteroatoms. The molecule has 4 aromatic rings. The van der Waals surface area contributed by atoms with E-state index in [1.165, 1.54) is 68.1 Å². The van der Waals surface area contributed by atoms with Crippen LogP contribution in [0.5, 0.6) is 0 Å². The van der Waals surface area contributed by atoms with Crippen LogP contribution >= 0.6 is 35.1 Å². The summed E-state index contributed by atoms with van der Waals surface area (Å²) in [4.78, 5) is 44.4. The lowest BCUT2D eigenvalue weighted by molar-refractivity contribution is -0.138. The highest BCUT2D eigenvalue weighted by Gasteiger charge is 2.31. The molecule has 2 aromatic carbocycles. The smallest absolute Gasteiger partial charge is 0.292 e. The van der Waals surface area contributed by atoms with Gasteiger partial charge in [-0.05, 0) is 47.9 Å². The van der Waals surface area contributed by atoms with Crippen molar-refractivity contribution in [1.82, 2.24) is 25.0 Å². The molecule has 0 saturated carbocycles. The van der Waals surface area contributed by atoms with E-state index in [4.69, 9.17) is 16.4 Å². The van der Waals surface area contributed by atoms with Crippen molar-refractivity contribution < 1.29 is 40.8 Å². The number of amides is 1. The number of carbonyl (C=O) groups is 2. The number of ketones is 1. The number of hydrogen-bond acceptors (Lipinski definition) is 9. The quantitative estimate of drug-likeness (QED) is 0.0449. The molecule has 0 bridgehead atoms. The lowest BCUT2D eigenvalue weighted by Crippen LogP contribution is -2.26. The minimum atomic E-state index is -4.42. The van der Waals surface area contributed by atoms with Gasteiger partial charge in [-0.2, -0.15) is 26.3 Å². The molecule has 0 unspecified atom stereocenters. The van der Waals surface area contributed by atoms with Gasteiger partial charge in [0.05, 0.1) is 18.2 Å². The minimum Gasteiger partial charge on any atom is -0.292 e. The number of hydrogen-bond donors (Lipinski definition) is 0. The molecule has 0 atom stereocenters. The second-order valence-electron chi connectivity index (χ2n) is 8.97. The third-order valence-corrected chi connectivity index (χ3v) is 7.16. The van der Waals surface area contributed by atoms with E-state index in [2.05, 4.69) is 19.9 Å². The van der Waals surface area contributed by atoms with Crippen LogP contribution in [-0.4, -0.2) is 63.4 Å². The van der Waals surface area contributed by atoms with Gasteiger partial charge in [-0.3, -0.25) is 14.4 Å². The van der Waals surface area contributed by atoms with Crippen LogP contribution in [-0.2, 0) is 29.5 Å². The topological polar surface area (TPSA) is 98.2 Å². The maximum Gasteiger partial charge on any atom is 0.416 e. The lowest BCUT2D eigenvalue weighted by Gasteiger charge is -2.12. The number of Topliss-reactive ketones (excluding diaryl/α,β-unsaturated/α-hetero) is 1. The van der Waals surface area contributed by atoms with Gasteiger partial charge >= 0.3 is 12.4 Å². The molecular weight excluding hydrogens is 692 g/mol. The Labute approximate surface area is 280 Å². The summed E-state index contributed by atoms with van der Waals surface area (Å²) in [6.07, 6.45) is -2.19. The van der Waals surface area contributed by atoms with Crippen molar-refractivity contribution in [3.63, 3.8) is 0 Å². The van der Waals surface area contributed by atoms with E-state index in [1.54, 1.807) is 24.6 Å². The first-order valence-electron chi connectivity index (χ1n) is 13.1. The number of benzene rings is 2. The number of nitrogens with zero attached hydrogens (tertiary/aromatic N) is 5. The molecule has 1 amide bonds. The fourth-order valence-corrected chi connectivity index (χ4v) is 4.24. The van der Waals surface area contributed by atoms with E-state index in [-0.39, 0.29) is 29.7 Å². The number of aromatic nitrogens is 4. The maximum atomic E-state index is 12.6. The molecule has 8 nitrogen and oxygen atoms in total. The highest BCUT2D eigenvalue weighted by atomic mass is 35.5. The summed E-state index contributed by atoms with van der Waals surface area (Å²) in [6.45, 7) is 0. The molecule has 0 spiro atoms. The second kappa shape index (κ2) is 18.6. The van der Waals surface area contributed by atoms with Crippen LogP contribution in [0.3, 0.4) is 0 Å². The molecule has 2 aromatic heterocycles.